The first kappa shape index (κ1) is 12.8. The zero-order chi connectivity index (χ0) is 14.1. The van der Waals surface area contributed by atoms with Gasteiger partial charge in [0.05, 0.1) is 0 Å². The lowest BCUT2D eigenvalue weighted by atomic mass is 9.97. The summed E-state index contributed by atoms with van der Waals surface area (Å²) in [7, 11) is 1.94. The van der Waals surface area contributed by atoms with E-state index in [9.17, 15) is 4.39 Å². The van der Waals surface area contributed by atoms with E-state index in [1.165, 1.54) is 6.07 Å². The van der Waals surface area contributed by atoms with Gasteiger partial charge in [-0.2, -0.15) is 0 Å². The molecule has 0 saturated heterocycles. The zero-order valence-corrected chi connectivity index (χ0v) is 11.3. The highest BCUT2D eigenvalue weighted by Gasteiger charge is 2.14. The van der Waals surface area contributed by atoms with Gasteiger partial charge in [0.2, 0.25) is 0 Å². The molecule has 3 nitrogen and oxygen atoms in total. The second kappa shape index (κ2) is 5.06. The van der Waals surface area contributed by atoms with Crippen LogP contribution in [-0.2, 0) is 13.5 Å². The first-order valence-corrected chi connectivity index (χ1v) is 6.55. The third-order valence-electron chi connectivity index (χ3n) is 3.63. The van der Waals surface area contributed by atoms with E-state index in [-0.39, 0.29) is 11.9 Å². The molecule has 1 atom stereocenters. The van der Waals surface area contributed by atoms with Crippen LogP contribution in [0, 0.1) is 5.82 Å². The van der Waals surface area contributed by atoms with Gasteiger partial charge in [0.25, 0.3) is 0 Å². The second-order valence-electron chi connectivity index (χ2n) is 4.95. The quantitative estimate of drug-likeness (QED) is 0.794. The molecule has 0 amide bonds. The topological polar surface area (TPSA) is 43.8 Å². The summed E-state index contributed by atoms with van der Waals surface area (Å²) >= 11 is 0. The number of aromatic nitrogens is 2. The van der Waals surface area contributed by atoms with E-state index in [1.54, 1.807) is 18.3 Å². The van der Waals surface area contributed by atoms with Crippen LogP contribution in [-0.4, -0.2) is 9.55 Å². The van der Waals surface area contributed by atoms with Crippen LogP contribution in [0.1, 0.15) is 17.4 Å². The molecule has 0 radical (unpaired) electrons. The molecule has 20 heavy (non-hydrogen) atoms. The molecule has 2 N–H and O–H groups in total. The predicted octanol–water partition coefficient (Wildman–Crippen LogP) is 2.95. The number of hydrogen-bond acceptors (Lipinski definition) is 2. The summed E-state index contributed by atoms with van der Waals surface area (Å²) in [5, 5.41) is 1.48. The van der Waals surface area contributed by atoms with Crippen LogP contribution in [0.25, 0.3) is 10.8 Å². The average Bonchev–Trinajstić information content (AvgIpc) is 2.85. The lowest BCUT2D eigenvalue weighted by molar-refractivity contribution is 0.634. The fourth-order valence-corrected chi connectivity index (χ4v) is 2.51. The standard InChI is InChI=1S/C16H16FN3/c1-20-9-8-19-16(20)10-15(18)13-6-7-14(17)12-5-3-2-4-11(12)13/h2-9,15H,10,18H2,1H3. The highest BCUT2D eigenvalue weighted by atomic mass is 19.1. The summed E-state index contributed by atoms with van der Waals surface area (Å²) < 4.78 is 15.8. The lowest BCUT2D eigenvalue weighted by Gasteiger charge is -2.15. The number of nitrogens with zero attached hydrogens (tertiary/aromatic N) is 2. The molecule has 0 spiro atoms. The number of benzene rings is 2. The van der Waals surface area contributed by atoms with Crippen LogP contribution in [0.3, 0.4) is 0 Å². The third-order valence-corrected chi connectivity index (χ3v) is 3.63. The van der Waals surface area contributed by atoms with Gasteiger partial charge >= 0.3 is 0 Å². The summed E-state index contributed by atoms with van der Waals surface area (Å²) in [5.41, 5.74) is 7.24. The van der Waals surface area contributed by atoms with Crippen LogP contribution < -0.4 is 5.73 Å². The van der Waals surface area contributed by atoms with Crippen molar-refractivity contribution in [2.45, 2.75) is 12.5 Å². The van der Waals surface area contributed by atoms with Crippen molar-refractivity contribution in [3.05, 3.63) is 66.0 Å². The Morgan fingerprint density at radius 1 is 1.20 bits per heavy atom. The molecule has 1 unspecified atom stereocenters. The molecule has 4 heteroatoms. The van der Waals surface area contributed by atoms with Gasteiger partial charge in [-0.1, -0.05) is 30.3 Å². The van der Waals surface area contributed by atoms with Crippen molar-refractivity contribution >= 4 is 10.8 Å². The van der Waals surface area contributed by atoms with Crippen molar-refractivity contribution in [1.29, 1.82) is 0 Å². The van der Waals surface area contributed by atoms with Crippen LogP contribution >= 0.6 is 0 Å². The average molecular weight is 269 g/mol. The number of rotatable bonds is 3. The highest BCUT2D eigenvalue weighted by Crippen LogP contribution is 2.26. The number of nitrogens with two attached hydrogens (primary N) is 1. The number of aryl methyl sites for hydroxylation is 1. The van der Waals surface area contributed by atoms with E-state index < -0.39 is 0 Å². The van der Waals surface area contributed by atoms with Crippen molar-refractivity contribution in [3.63, 3.8) is 0 Å². The molecule has 1 aromatic heterocycles. The van der Waals surface area contributed by atoms with E-state index in [0.29, 0.717) is 11.8 Å². The van der Waals surface area contributed by atoms with Gasteiger partial charge in [-0.15, -0.1) is 0 Å². The number of imidazole rings is 1. The fourth-order valence-electron chi connectivity index (χ4n) is 2.51. The van der Waals surface area contributed by atoms with Gasteiger partial charge < -0.3 is 10.3 Å². The summed E-state index contributed by atoms with van der Waals surface area (Å²) in [6.07, 6.45) is 4.27. The Labute approximate surface area is 116 Å². The maximum absolute atomic E-state index is 13.8. The normalized spacial score (nSPS) is 12.8. The monoisotopic (exact) mass is 269 g/mol. The summed E-state index contributed by atoms with van der Waals surface area (Å²) in [5.74, 6) is 0.708. The van der Waals surface area contributed by atoms with Crippen LogP contribution in [0.4, 0.5) is 4.39 Å². The molecule has 0 fully saturated rings. The molecule has 3 aromatic rings. The van der Waals surface area contributed by atoms with Crippen molar-refractivity contribution in [1.82, 2.24) is 9.55 Å². The van der Waals surface area contributed by atoms with Gasteiger partial charge in [0, 0.05) is 37.3 Å². The largest absolute Gasteiger partial charge is 0.338 e. The van der Waals surface area contributed by atoms with Crippen molar-refractivity contribution in [3.8, 4) is 0 Å². The van der Waals surface area contributed by atoms with Gasteiger partial charge in [-0.05, 0) is 17.0 Å². The van der Waals surface area contributed by atoms with Gasteiger partial charge in [-0.3, -0.25) is 0 Å². The molecule has 0 saturated carbocycles. The first-order valence-electron chi connectivity index (χ1n) is 6.55. The summed E-state index contributed by atoms with van der Waals surface area (Å²) in [6.45, 7) is 0. The van der Waals surface area contributed by atoms with Gasteiger partial charge in [0.15, 0.2) is 0 Å². The predicted molar refractivity (Wildman–Crippen MR) is 77.7 cm³/mol. The Balaban J connectivity index is 2.02. The molecular weight excluding hydrogens is 253 g/mol. The highest BCUT2D eigenvalue weighted by molar-refractivity contribution is 5.86. The van der Waals surface area contributed by atoms with E-state index in [0.717, 1.165) is 16.8 Å². The Hall–Kier alpha value is -2.20. The second-order valence-corrected chi connectivity index (χ2v) is 4.95. The zero-order valence-electron chi connectivity index (χ0n) is 11.3. The van der Waals surface area contributed by atoms with E-state index in [2.05, 4.69) is 4.98 Å². The van der Waals surface area contributed by atoms with Crippen molar-refractivity contribution in [2.24, 2.45) is 12.8 Å². The number of halogens is 1. The first-order chi connectivity index (χ1) is 9.66. The Kier molecular flexibility index (Phi) is 3.24. The SMILES string of the molecule is Cn1ccnc1CC(N)c1ccc(F)c2ccccc12. The Morgan fingerprint density at radius 2 is 1.95 bits per heavy atom. The molecule has 102 valence electrons. The molecule has 1 heterocycles. The molecular formula is C16H16FN3. The van der Waals surface area contributed by atoms with E-state index in [1.807, 2.05) is 36.0 Å². The van der Waals surface area contributed by atoms with Gasteiger partial charge in [0.1, 0.15) is 11.6 Å². The van der Waals surface area contributed by atoms with E-state index in [4.69, 9.17) is 5.73 Å². The minimum Gasteiger partial charge on any atom is -0.338 e. The molecule has 3 rings (SSSR count). The number of fused-ring (bicyclic) bond motifs is 1. The minimum absolute atomic E-state index is 0.207. The molecule has 0 bridgehead atoms. The smallest absolute Gasteiger partial charge is 0.131 e. The van der Waals surface area contributed by atoms with E-state index >= 15 is 0 Å². The molecule has 0 aliphatic carbocycles. The fraction of sp³-hybridized carbons (Fsp3) is 0.188. The van der Waals surface area contributed by atoms with Crippen LogP contribution in [0.2, 0.25) is 0 Å². The Bertz CT molecular complexity index is 748. The maximum Gasteiger partial charge on any atom is 0.131 e. The molecule has 2 aromatic carbocycles. The lowest BCUT2D eigenvalue weighted by Crippen LogP contribution is -2.16. The van der Waals surface area contributed by atoms with Crippen LogP contribution in [0.5, 0.6) is 0 Å². The van der Waals surface area contributed by atoms with Crippen LogP contribution in [0.15, 0.2) is 48.8 Å². The Morgan fingerprint density at radius 3 is 2.65 bits per heavy atom. The third kappa shape index (κ3) is 2.18. The van der Waals surface area contributed by atoms with Crippen molar-refractivity contribution in [2.75, 3.05) is 0 Å². The van der Waals surface area contributed by atoms with Crippen molar-refractivity contribution < 1.29 is 4.39 Å². The molecule has 0 aliphatic heterocycles. The summed E-state index contributed by atoms with van der Waals surface area (Å²) in [4.78, 5) is 4.29. The maximum atomic E-state index is 13.8. The number of hydrogen-bond donors (Lipinski definition) is 1. The minimum atomic E-state index is -0.214. The summed E-state index contributed by atoms with van der Waals surface area (Å²) in [6, 6.07) is 10.5. The molecule has 0 aliphatic rings. The van der Waals surface area contributed by atoms with Gasteiger partial charge in [-0.25, -0.2) is 9.37 Å².